The summed E-state index contributed by atoms with van der Waals surface area (Å²) in [5, 5.41) is 2.70. The molecule has 1 fully saturated rings. The normalized spacial score (nSPS) is 29.0. The largest absolute Gasteiger partial charge is 0.447 e. The van der Waals surface area contributed by atoms with Crippen LogP contribution in [0.5, 0.6) is 0 Å². The first kappa shape index (κ1) is 8.44. The molecule has 2 N–H and O–H groups in total. The minimum absolute atomic E-state index is 0.0255. The van der Waals surface area contributed by atoms with Gasteiger partial charge in [0.15, 0.2) is 0 Å². The number of H-pyrrole nitrogens is 1. The Morgan fingerprint density at radius 2 is 2.48 bits per heavy atom. The number of rotatable bonds is 5. The van der Waals surface area contributed by atoms with E-state index in [4.69, 9.17) is 8.22 Å². The van der Waals surface area contributed by atoms with Crippen molar-refractivity contribution < 1.29 is 17.8 Å². The van der Waals surface area contributed by atoms with E-state index < -0.39 is 25.0 Å². The first-order valence-corrected chi connectivity index (χ1v) is 6.62. The number of carbonyl (C=O) groups excluding carboxylic acids is 1. The van der Waals surface area contributed by atoms with Gasteiger partial charge in [0.2, 0.25) is 0 Å². The Balaban J connectivity index is 2.03. The van der Waals surface area contributed by atoms with Gasteiger partial charge in [-0.05, 0) is 50.1 Å². The van der Waals surface area contributed by atoms with E-state index in [1.807, 2.05) is 0 Å². The molecule has 5 nitrogen and oxygen atoms in total. The highest BCUT2D eigenvalue weighted by atomic mass is 16.6. The zero-order valence-corrected chi connectivity index (χ0v) is 11.9. The molecule has 1 atom stereocenters. The van der Waals surface area contributed by atoms with E-state index in [-0.39, 0.29) is 24.7 Å². The monoisotopic (exact) mass is 293 g/mol. The molecule has 0 unspecified atom stereocenters. The molecule has 0 spiro atoms. The van der Waals surface area contributed by atoms with E-state index in [1.54, 1.807) is 37.2 Å². The van der Waals surface area contributed by atoms with Crippen LogP contribution in [0.4, 0.5) is 4.79 Å². The number of aromatic amines is 1. The van der Waals surface area contributed by atoms with Gasteiger partial charge in [0.05, 0.1) is 11.5 Å². The van der Waals surface area contributed by atoms with Crippen molar-refractivity contribution in [2.24, 2.45) is 0 Å². The van der Waals surface area contributed by atoms with E-state index in [9.17, 15) is 4.79 Å². The molecule has 1 amide bonds. The summed E-state index contributed by atoms with van der Waals surface area (Å²) in [5.74, 6) is 0. The summed E-state index contributed by atoms with van der Waals surface area (Å²) in [5.41, 5.74) is 1.31. The molecular formula is C16H21N3O2. The van der Waals surface area contributed by atoms with Crippen molar-refractivity contribution in [3.8, 4) is 0 Å². The van der Waals surface area contributed by atoms with Crippen molar-refractivity contribution >= 4 is 17.0 Å². The van der Waals surface area contributed by atoms with E-state index >= 15 is 0 Å². The number of amides is 1. The Hall–Kier alpha value is -2.01. The number of hydrogen-bond donors (Lipinski definition) is 2. The smallest absolute Gasteiger partial charge is 0.407 e. The molecule has 2 heterocycles. The molecule has 0 saturated carbocycles. The van der Waals surface area contributed by atoms with Gasteiger partial charge in [0.1, 0.15) is 6.56 Å². The van der Waals surface area contributed by atoms with Gasteiger partial charge < -0.3 is 19.9 Å². The fourth-order valence-electron chi connectivity index (χ4n) is 2.16. The number of ether oxygens (including phenoxy) is 1. The number of benzene rings is 1. The van der Waals surface area contributed by atoms with E-state index in [1.165, 1.54) is 0 Å². The number of alkyl carbamates (subject to hydrolysis) is 1. The maximum atomic E-state index is 11.4. The fraction of sp³-hybridized carbons (Fsp3) is 0.438. The van der Waals surface area contributed by atoms with Crippen molar-refractivity contribution in [1.29, 1.82) is 0 Å². The molecule has 21 heavy (non-hydrogen) atoms. The van der Waals surface area contributed by atoms with Crippen LogP contribution in [0.3, 0.4) is 0 Å². The number of carbonyl (C=O) groups is 1. The lowest BCUT2D eigenvalue weighted by molar-refractivity contribution is 0.177. The second-order valence-corrected chi connectivity index (χ2v) is 5.19. The molecule has 1 aliphatic heterocycles. The van der Waals surface area contributed by atoms with Gasteiger partial charge in [-0.15, -0.1) is 0 Å². The maximum absolute atomic E-state index is 11.4. The molecule has 2 aromatic rings. The van der Waals surface area contributed by atoms with Crippen LogP contribution < -0.4 is 5.32 Å². The van der Waals surface area contributed by atoms with Crippen molar-refractivity contribution in [3.05, 3.63) is 35.5 Å². The van der Waals surface area contributed by atoms with Crippen LogP contribution in [0.25, 0.3) is 10.9 Å². The molecule has 1 aromatic carbocycles. The minimum Gasteiger partial charge on any atom is -0.447 e. The summed E-state index contributed by atoms with van der Waals surface area (Å²) in [7, 11) is 3.49. The molecule has 0 radical (unpaired) electrons. The molecule has 1 saturated heterocycles. The number of fused-ring (bicyclic) bond motifs is 1. The molecule has 112 valence electrons. The van der Waals surface area contributed by atoms with Gasteiger partial charge in [-0.1, -0.05) is 6.07 Å². The van der Waals surface area contributed by atoms with E-state index in [2.05, 4.69) is 15.0 Å². The molecule has 0 bridgehead atoms. The predicted octanol–water partition coefficient (Wildman–Crippen LogP) is 1.92. The van der Waals surface area contributed by atoms with Crippen LogP contribution >= 0.6 is 0 Å². The second kappa shape index (κ2) is 5.77. The summed E-state index contributed by atoms with van der Waals surface area (Å²) >= 11 is 0. The van der Waals surface area contributed by atoms with Gasteiger partial charge in [-0.25, -0.2) is 4.79 Å². The Bertz CT molecular complexity index is 898. The lowest BCUT2D eigenvalue weighted by Gasteiger charge is -2.09. The van der Waals surface area contributed by atoms with E-state index in [0.29, 0.717) is 16.5 Å². The van der Waals surface area contributed by atoms with Crippen molar-refractivity contribution in [2.75, 3.05) is 27.2 Å². The third-order valence-electron chi connectivity index (χ3n) is 3.15. The number of hydrogen-bond acceptors (Lipinski definition) is 3. The van der Waals surface area contributed by atoms with Crippen LogP contribution in [0, 0.1) is 0 Å². The SMILES string of the molecule is [2H]c1[nH]c2ccc(C[C@]3([2H])NC(=O)OC3([2H])[2H])cc2c1C([2H])([2H])CN(C)C. The highest BCUT2D eigenvalue weighted by molar-refractivity contribution is 5.84. The Labute approximate surface area is 132 Å². The third-order valence-corrected chi connectivity index (χ3v) is 3.15. The van der Waals surface area contributed by atoms with Gasteiger partial charge in [0.25, 0.3) is 0 Å². The van der Waals surface area contributed by atoms with Crippen molar-refractivity contribution in [3.63, 3.8) is 0 Å². The summed E-state index contributed by atoms with van der Waals surface area (Å²) in [6, 6.07) is 2.94. The molecule has 5 heteroatoms. The fourth-order valence-corrected chi connectivity index (χ4v) is 2.16. The first-order valence-electron chi connectivity index (χ1n) is 9.62. The lowest BCUT2D eigenvalue weighted by atomic mass is 10.0. The number of nitrogens with one attached hydrogen (secondary N) is 2. The average Bonchev–Trinajstić information content (AvgIpc) is 2.89. The van der Waals surface area contributed by atoms with Crippen LogP contribution in [0.2, 0.25) is 0 Å². The van der Waals surface area contributed by atoms with Gasteiger partial charge in [0, 0.05) is 26.4 Å². The van der Waals surface area contributed by atoms with E-state index in [0.717, 1.165) is 0 Å². The van der Waals surface area contributed by atoms with Gasteiger partial charge >= 0.3 is 6.09 Å². The van der Waals surface area contributed by atoms with Crippen LogP contribution in [-0.2, 0) is 17.5 Å². The summed E-state index contributed by atoms with van der Waals surface area (Å²) in [6.07, 6.45) is -2.97. The Morgan fingerprint density at radius 3 is 3.19 bits per heavy atom. The number of cyclic esters (lactones) is 1. The first-order chi connectivity index (χ1) is 12.3. The van der Waals surface area contributed by atoms with Crippen molar-refractivity contribution in [1.82, 2.24) is 15.2 Å². The lowest BCUT2D eigenvalue weighted by Crippen LogP contribution is -2.28. The summed E-state index contributed by atoms with van der Waals surface area (Å²) < 4.78 is 53.2. The highest BCUT2D eigenvalue weighted by Crippen LogP contribution is 2.21. The summed E-state index contributed by atoms with van der Waals surface area (Å²) in [4.78, 5) is 15.9. The number of likely N-dealkylation sites (N-methyl/N-ethyl adjacent to an activating group) is 1. The third kappa shape index (κ3) is 3.19. The Kier molecular flexibility index (Phi) is 2.32. The zero-order valence-electron chi connectivity index (χ0n) is 17.9. The van der Waals surface area contributed by atoms with Gasteiger partial charge in [-0.3, -0.25) is 0 Å². The van der Waals surface area contributed by atoms with Gasteiger partial charge in [-0.2, -0.15) is 0 Å². The standard InChI is InChI=1S/C16H21N3O2/c1-19(2)6-5-12-9-17-15-4-3-11(8-14(12)15)7-13-10-21-16(20)18-13/h3-4,8-9,13,17H,5-7,10H2,1-2H3,(H,18,20)/t13-/m0/s1/i5D2,9D,10D2,13D. The molecule has 1 aromatic heterocycles. The van der Waals surface area contributed by atoms with Crippen molar-refractivity contribution in [2.45, 2.75) is 18.8 Å². The predicted molar refractivity (Wildman–Crippen MR) is 82.5 cm³/mol. The number of aromatic nitrogens is 1. The minimum atomic E-state index is -2.50. The topological polar surface area (TPSA) is 57.4 Å². The van der Waals surface area contributed by atoms with Crippen LogP contribution in [-0.4, -0.2) is 49.2 Å². The van der Waals surface area contributed by atoms with Crippen LogP contribution in [0.15, 0.2) is 24.4 Å². The summed E-state index contributed by atoms with van der Waals surface area (Å²) in [6.45, 7) is -2.41. The maximum Gasteiger partial charge on any atom is 0.407 e. The second-order valence-electron chi connectivity index (χ2n) is 5.19. The Morgan fingerprint density at radius 1 is 1.62 bits per heavy atom. The molecule has 0 aliphatic carbocycles. The quantitative estimate of drug-likeness (QED) is 0.885. The molecule has 1 aliphatic rings. The highest BCUT2D eigenvalue weighted by Gasteiger charge is 2.22. The number of nitrogens with zero attached hydrogens (tertiary/aromatic N) is 1. The average molecular weight is 293 g/mol. The molecule has 3 rings (SSSR count). The molecular weight excluding hydrogens is 266 g/mol. The van der Waals surface area contributed by atoms with Crippen LogP contribution in [0.1, 0.15) is 19.4 Å². The zero-order chi connectivity index (χ0) is 20.2.